The van der Waals surface area contributed by atoms with Gasteiger partial charge in [0.2, 0.25) is 0 Å². The Labute approximate surface area is 484 Å². The Hall–Kier alpha value is -8.80. The highest BCUT2D eigenvalue weighted by Gasteiger charge is 2.30. The van der Waals surface area contributed by atoms with Gasteiger partial charge >= 0.3 is 0 Å². The number of pyridine rings is 1. The van der Waals surface area contributed by atoms with Gasteiger partial charge in [-0.3, -0.25) is 13.7 Å². The number of rotatable bonds is 6. The van der Waals surface area contributed by atoms with Crippen molar-refractivity contribution in [2.45, 2.75) is 92.3 Å². The molecule has 0 bridgehead atoms. The molecule has 12 aromatic rings. The quantitative estimate of drug-likeness (QED) is 0.123. The fourth-order valence-corrected chi connectivity index (χ4v) is 11.1. The predicted octanol–water partition coefficient (Wildman–Crippen LogP) is 19.1. The van der Waals surface area contributed by atoms with Crippen LogP contribution in [-0.4, -0.2) is 14.1 Å². The van der Waals surface area contributed by atoms with E-state index in [1.807, 2.05) is 106 Å². The molecule has 5 nitrogen and oxygen atoms in total. The van der Waals surface area contributed by atoms with Gasteiger partial charge in [0.1, 0.15) is 17.3 Å². The maximum Gasteiger partial charge on any atom is 0.269 e. The van der Waals surface area contributed by atoms with Crippen molar-refractivity contribution in [3.8, 4) is 84.3 Å². The Morgan fingerprint density at radius 3 is 1.80 bits per heavy atom. The fourth-order valence-electron chi connectivity index (χ4n) is 11.1. The average molecular weight is 1040 g/mol. The van der Waals surface area contributed by atoms with Gasteiger partial charge in [-0.15, -0.1) is 0 Å². The zero-order valence-corrected chi connectivity index (χ0v) is 45.6. The third kappa shape index (κ3) is 8.55. The van der Waals surface area contributed by atoms with Gasteiger partial charge < -0.3 is 4.74 Å². The summed E-state index contributed by atoms with van der Waals surface area (Å²) in [6.07, 6.45) is 5.51. The van der Waals surface area contributed by atoms with Gasteiger partial charge in [0.15, 0.2) is 0 Å². The number of hydrogen-bond donors (Lipinski definition) is 0. The van der Waals surface area contributed by atoms with Gasteiger partial charge in [-0.2, -0.15) is 0 Å². The molecule has 4 heterocycles. The van der Waals surface area contributed by atoms with E-state index in [9.17, 15) is 11.0 Å². The van der Waals surface area contributed by atoms with Crippen molar-refractivity contribution < 1.29 is 28.5 Å². The van der Waals surface area contributed by atoms with E-state index in [0.717, 1.165) is 44.3 Å². The second-order valence-electron chi connectivity index (χ2n) is 23.7. The SMILES string of the molecule is [2H]c1c([2H])c([2H])c2c(c1[2H])-c1cc(C(C)(C)C)cc(-c3ccc(C(C)(C)C)cc3)c1-[n+]1[c-]n(-c3cccc(Oc4ccc5c6ccccc6n(-c6cc(C(C)(C)C)ccn6)c5c4)c3)c3cc(-c4c(C([2H])([2H])[2H])cccc4C([2H])([2H])[2H])cc(c31)-c1c([2H])c([2H])c([2H])c([2H])c1-2. The first kappa shape index (κ1) is 36.3. The summed E-state index contributed by atoms with van der Waals surface area (Å²) in [7, 11) is 0. The molecule has 0 saturated carbocycles. The zero-order valence-electron chi connectivity index (χ0n) is 59.6. The van der Waals surface area contributed by atoms with E-state index in [2.05, 4.69) is 70.6 Å². The second kappa shape index (κ2) is 18.4. The molecule has 0 unspecified atom stereocenters. The topological polar surface area (TPSA) is 35.9 Å². The van der Waals surface area contributed by atoms with E-state index in [1.165, 1.54) is 24.3 Å². The maximum absolute atomic E-state index is 10.1. The number of aryl methyl sites for hydroxylation is 2. The molecule has 1 aliphatic heterocycles. The molecule has 0 saturated heterocycles. The van der Waals surface area contributed by atoms with E-state index in [4.69, 9.17) is 17.9 Å². The molecule has 1 aliphatic rings. The van der Waals surface area contributed by atoms with E-state index in [-0.39, 0.29) is 77.5 Å². The van der Waals surface area contributed by atoms with Gasteiger partial charge in [0.05, 0.1) is 44.4 Å². The van der Waals surface area contributed by atoms with E-state index < -0.39 is 67.5 Å². The Morgan fingerprint density at radius 1 is 0.494 bits per heavy atom. The van der Waals surface area contributed by atoms with Crippen molar-refractivity contribution in [2.24, 2.45) is 0 Å². The second-order valence-corrected chi connectivity index (χ2v) is 23.7. The number of benzene rings is 9. The number of para-hydroxylation sites is 1. The third-order valence-corrected chi connectivity index (χ3v) is 15.3. The van der Waals surface area contributed by atoms with Gasteiger partial charge in [-0.25, -0.2) is 4.98 Å². The summed E-state index contributed by atoms with van der Waals surface area (Å²) in [5.41, 5.74) is 5.34. The Bertz CT molecular complexity index is 5100. The number of ether oxygens (including phenoxy) is 1. The van der Waals surface area contributed by atoms with Crippen LogP contribution >= 0.6 is 0 Å². The molecule has 0 atom stereocenters. The highest BCUT2D eigenvalue weighted by molar-refractivity contribution is 6.09. The number of imidazole rings is 1. The Balaban J connectivity index is 1.18. The monoisotopic (exact) mass is 1040 g/mol. The van der Waals surface area contributed by atoms with Gasteiger partial charge in [-0.1, -0.05) is 196 Å². The van der Waals surface area contributed by atoms with Crippen molar-refractivity contribution >= 4 is 32.8 Å². The average Bonchev–Trinajstić information content (AvgIpc) is 1.61. The molecule has 3 aromatic heterocycles. The van der Waals surface area contributed by atoms with Crippen molar-refractivity contribution in [1.82, 2.24) is 14.1 Å². The summed E-state index contributed by atoms with van der Waals surface area (Å²) in [4.78, 5) is 4.88. The fraction of sp³-hybridized carbons (Fsp3) is 0.189. The van der Waals surface area contributed by atoms with Gasteiger partial charge in [0.25, 0.3) is 6.33 Å². The van der Waals surface area contributed by atoms with Gasteiger partial charge in [0, 0.05) is 31.3 Å². The van der Waals surface area contributed by atoms with Crippen LogP contribution in [0.15, 0.2) is 200 Å². The number of nitrogens with zero attached hydrogens (tertiary/aromatic N) is 4. The molecule has 79 heavy (non-hydrogen) atoms. The molecule has 13 rings (SSSR count). The summed E-state index contributed by atoms with van der Waals surface area (Å²) >= 11 is 0. The molecule has 0 amide bonds. The first-order chi connectivity index (χ1) is 43.6. The van der Waals surface area contributed by atoms with E-state index >= 15 is 0 Å². The molecule has 0 radical (unpaired) electrons. The molecular weight excluding hydrogens is 961 g/mol. The van der Waals surface area contributed by atoms with Crippen molar-refractivity contribution in [3.05, 3.63) is 234 Å². The van der Waals surface area contributed by atoms with Crippen LogP contribution in [0, 0.1) is 20.0 Å². The zero-order chi connectivity index (χ0) is 66.7. The normalized spacial score (nSPS) is 15.4. The van der Waals surface area contributed by atoms with Crippen LogP contribution in [-0.2, 0) is 16.2 Å². The lowest BCUT2D eigenvalue weighted by Gasteiger charge is -2.26. The summed E-state index contributed by atoms with van der Waals surface area (Å²) in [6, 6.07) is 40.0. The van der Waals surface area contributed by atoms with Crippen molar-refractivity contribution in [2.75, 3.05) is 0 Å². The van der Waals surface area contributed by atoms with E-state index in [1.54, 1.807) is 33.4 Å². The first-order valence-corrected chi connectivity index (χ1v) is 26.6. The largest absolute Gasteiger partial charge is 0.458 e. The number of fused-ring (bicyclic) bond motifs is 10. The highest BCUT2D eigenvalue weighted by atomic mass is 16.5. The lowest BCUT2D eigenvalue weighted by atomic mass is 9.80. The predicted molar refractivity (Wildman–Crippen MR) is 329 cm³/mol. The number of aromatic nitrogens is 4. The lowest BCUT2D eigenvalue weighted by Crippen LogP contribution is -2.32. The van der Waals surface area contributed by atoms with Crippen molar-refractivity contribution in [1.29, 1.82) is 0 Å². The Kier molecular flexibility index (Phi) is 8.47. The van der Waals surface area contributed by atoms with Crippen molar-refractivity contribution in [3.63, 3.8) is 0 Å². The van der Waals surface area contributed by atoms with Crippen LogP contribution in [0.3, 0.4) is 0 Å². The molecule has 388 valence electrons. The standard InChI is InChI=1S/C74H66N4O/c1-46-20-18-21-47(2)69(46)49-38-63-58-26-14-12-24-56(58)57-25-13-15-27-59(57)64-41-52(74(9,10)11)40-62(48-30-32-50(33-31-48)72(3,4)5)70(64)77-45-76(67(39-49)71(63)77)53-22-19-23-54(43-53)79-55-34-35-61-60-28-16-17-29-65(60)78(66(61)44-55)68-42-51(36-37-75-68)73(6,7)8/h12-44H,1-11H3/i1D3,2D3,12D,13D,14D,15D,24D,25D,26D,27D. The minimum Gasteiger partial charge on any atom is -0.458 e. The van der Waals surface area contributed by atoms with Crippen LogP contribution < -0.4 is 9.30 Å². The molecule has 0 aliphatic carbocycles. The van der Waals surface area contributed by atoms with Crippen LogP contribution in [0.2, 0.25) is 0 Å². The third-order valence-electron chi connectivity index (χ3n) is 15.3. The highest BCUT2D eigenvalue weighted by Crippen LogP contribution is 2.48. The smallest absolute Gasteiger partial charge is 0.269 e. The molecule has 0 spiro atoms. The summed E-state index contributed by atoms with van der Waals surface area (Å²) < 4.78 is 143. The summed E-state index contributed by atoms with van der Waals surface area (Å²) in [6.45, 7) is 13.2. The van der Waals surface area contributed by atoms with Gasteiger partial charge in [-0.05, 0) is 168 Å². The molecule has 0 fully saturated rings. The van der Waals surface area contributed by atoms with Crippen LogP contribution in [0.1, 0.15) is 109 Å². The summed E-state index contributed by atoms with van der Waals surface area (Å²) in [5, 5.41) is 2.01. The van der Waals surface area contributed by atoms with Crippen LogP contribution in [0.5, 0.6) is 11.5 Å². The molecule has 9 aromatic carbocycles. The van der Waals surface area contributed by atoms with E-state index in [0.29, 0.717) is 34.0 Å². The molecular formula is C74H66N4O. The Morgan fingerprint density at radius 2 is 1.11 bits per heavy atom. The minimum atomic E-state index is -2.89. The van der Waals surface area contributed by atoms with Crippen LogP contribution in [0.4, 0.5) is 0 Å². The minimum absolute atomic E-state index is 0.0442. The molecule has 0 N–H and O–H groups in total. The first-order valence-electron chi connectivity index (χ1n) is 33.6. The van der Waals surface area contributed by atoms with Crippen LogP contribution in [0.25, 0.3) is 106 Å². The summed E-state index contributed by atoms with van der Waals surface area (Å²) in [5.74, 6) is 1.63. The molecule has 5 heteroatoms. The maximum atomic E-state index is 10.1. The lowest BCUT2D eigenvalue weighted by molar-refractivity contribution is -0.570. The number of hydrogen-bond acceptors (Lipinski definition) is 2.